The molecule has 0 bridgehead atoms. The Morgan fingerprint density at radius 3 is 2.62 bits per heavy atom. The molecule has 26 heavy (non-hydrogen) atoms. The van der Waals surface area contributed by atoms with Gasteiger partial charge < -0.3 is 9.73 Å². The molecular formula is C19H16ClN3O2S. The minimum Gasteiger partial charge on any atom is -0.451 e. The number of hydrogen-bond acceptors (Lipinski definition) is 4. The first kappa shape index (κ1) is 18.1. The Labute approximate surface area is 161 Å². The largest absolute Gasteiger partial charge is 0.451 e. The summed E-state index contributed by atoms with van der Waals surface area (Å²) in [5, 5.41) is 6.00. The number of carbonyl (C=O) groups excluding carboxylic acids is 1. The van der Waals surface area contributed by atoms with Crippen LogP contribution in [-0.2, 0) is 0 Å². The predicted molar refractivity (Wildman–Crippen MR) is 107 cm³/mol. The summed E-state index contributed by atoms with van der Waals surface area (Å²) in [6, 6.07) is 12.7. The van der Waals surface area contributed by atoms with E-state index in [9.17, 15) is 4.79 Å². The second-order valence-electron chi connectivity index (χ2n) is 5.73. The number of amides is 1. The van der Waals surface area contributed by atoms with Gasteiger partial charge in [-0.05, 0) is 67.5 Å². The number of pyridine rings is 1. The van der Waals surface area contributed by atoms with Crippen LogP contribution < -0.4 is 10.6 Å². The fraction of sp³-hybridized carbons (Fsp3) is 0.105. The monoisotopic (exact) mass is 385 g/mol. The van der Waals surface area contributed by atoms with Crippen LogP contribution in [0.3, 0.4) is 0 Å². The van der Waals surface area contributed by atoms with Crippen LogP contribution in [0.25, 0.3) is 11.3 Å². The highest BCUT2D eigenvalue weighted by molar-refractivity contribution is 7.80. The zero-order chi connectivity index (χ0) is 18.7. The van der Waals surface area contributed by atoms with Gasteiger partial charge in [0.1, 0.15) is 11.6 Å². The van der Waals surface area contributed by atoms with Gasteiger partial charge in [-0.2, -0.15) is 0 Å². The van der Waals surface area contributed by atoms with Gasteiger partial charge in [-0.3, -0.25) is 10.1 Å². The topological polar surface area (TPSA) is 67.2 Å². The van der Waals surface area contributed by atoms with Gasteiger partial charge in [-0.25, -0.2) is 4.98 Å². The van der Waals surface area contributed by atoms with Crippen molar-refractivity contribution in [2.45, 2.75) is 13.8 Å². The second kappa shape index (κ2) is 7.68. The molecule has 3 rings (SSSR count). The maximum Gasteiger partial charge on any atom is 0.293 e. The van der Waals surface area contributed by atoms with Crippen molar-refractivity contribution in [3.63, 3.8) is 0 Å². The van der Waals surface area contributed by atoms with E-state index in [0.29, 0.717) is 16.6 Å². The van der Waals surface area contributed by atoms with E-state index in [1.54, 1.807) is 24.3 Å². The number of furan rings is 1. The van der Waals surface area contributed by atoms with Crippen molar-refractivity contribution in [2.75, 3.05) is 5.32 Å². The standard InChI is InChI=1S/C19H16ClN3O2S/c1-11-3-4-13(9-12(11)2)15-6-7-16(25-15)18(24)23-19(26)22-17-8-5-14(20)10-21-17/h3-10H,1-2H3,(H2,21,22,23,24,26). The molecule has 2 heterocycles. The molecule has 0 atom stereocenters. The fourth-order valence-electron chi connectivity index (χ4n) is 2.27. The molecule has 0 spiro atoms. The molecule has 0 radical (unpaired) electrons. The smallest absolute Gasteiger partial charge is 0.293 e. The summed E-state index contributed by atoms with van der Waals surface area (Å²) in [7, 11) is 0. The first-order chi connectivity index (χ1) is 12.4. The average molecular weight is 386 g/mol. The normalized spacial score (nSPS) is 10.4. The lowest BCUT2D eigenvalue weighted by Crippen LogP contribution is -2.34. The first-order valence-corrected chi connectivity index (χ1v) is 8.62. The molecule has 0 unspecified atom stereocenters. The average Bonchev–Trinajstić information content (AvgIpc) is 3.09. The van der Waals surface area contributed by atoms with Crippen LogP contribution in [0.15, 0.2) is 53.1 Å². The molecule has 3 aromatic rings. The third kappa shape index (κ3) is 4.28. The highest BCUT2D eigenvalue weighted by Gasteiger charge is 2.14. The summed E-state index contributed by atoms with van der Waals surface area (Å²) in [5.41, 5.74) is 3.27. The molecule has 1 amide bonds. The van der Waals surface area contributed by atoms with Gasteiger partial charge in [0.05, 0.1) is 5.02 Å². The number of aromatic nitrogens is 1. The number of aryl methyl sites for hydroxylation is 2. The van der Waals surface area contributed by atoms with Crippen molar-refractivity contribution in [1.29, 1.82) is 0 Å². The number of nitrogens with one attached hydrogen (secondary N) is 2. The number of carbonyl (C=O) groups is 1. The zero-order valence-electron chi connectivity index (χ0n) is 14.2. The molecule has 132 valence electrons. The summed E-state index contributed by atoms with van der Waals surface area (Å²) in [6.07, 6.45) is 1.48. The van der Waals surface area contributed by atoms with Crippen LogP contribution in [0.5, 0.6) is 0 Å². The molecule has 7 heteroatoms. The van der Waals surface area contributed by atoms with Crippen molar-refractivity contribution >= 4 is 40.7 Å². The Bertz CT molecular complexity index is 967. The van der Waals surface area contributed by atoms with E-state index in [2.05, 4.69) is 15.6 Å². The highest BCUT2D eigenvalue weighted by Crippen LogP contribution is 2.24. The summed E-state index contributed by atoms with van der Waals surface area (Å²) < 4.78 is 5.66. The van der Waals surface area contributed by atoms with Crippen LogP contribution in [0.2, 0.25) is 5.02 Å². The van der Waals surface area contributed by atoms with Crippen molar-refractivity contribution < 1.29 is 9.21 Å². The lowest BCUT2D eigenvalue weighted by atomic mass is 10.1. The van der Waals surface area contributed by atoms with Crippen molar-refractivity contribution in [1.82, 2.24) is 10.3 Å². The molecule has 0 fully saturated rings. The number of rotatable bonds is 3. The lowest BCUT2D eigenvalue weighted by molar-refractivity contribution is 0.0951. The number of thiocarbonyl (C=S) groups is 1. The van der Waals surface area contributed by atoms with E-state index in [1.807, 2.05) is 32.0 Å². The van der Waals surface area contributed by atoms with Gasteiger partial charge in [0.25, 0.3) is 5.91 Å². The van der Waals surface area contributed by atoms with Crippen LogP contribution >= 0.6 is 23.8 Å². The van der Waals surface area contributed by atoms with Crippen molar-refractivity contribution in [3.05, 3.63) is 70.6 Å². The van der Waals surface area contributed by atoms with Crippen molar-refractivity contribution in [3.8, 4) is 11.3 Å². The van der Waals surface area contributed by atoms with E-state index in [0.717, 1.165) is 11.1 Å². The molecule has 1 aromatic carbocycles. The Balaban J connectivity index is 1.66. The predicted octanol–water partition coefficient (Wildman–Crippen LogP) is 4.74. The SMILES string of the molecule is Cc1ccc(-c2ccc(C(=O)NC(=S)Nc3ccc(Cl)cn3)o2)cc1C. The zero-order valence-corrected chi connectivity index (χ0v) is 15.7. The van der Waals surface area contributed by atoms with Crippen molar-refractivity contribution in [2.24, 2.45) is 0 Å². The number of hydrogen-bond donors (Lipinski definition) is 2. The maximum absolute atomic E-state index is 12.3. The third-order valence-corrected chi connectivity index (χ3v) is 4.24. The fourth-order valence-corrected chi connectivity index (χ4v) is 2.58. The van der Waals surface area contributed by atoms with Gasteiger partial charge in [-0.15, -0.1) is 0 Å². The van der Waals surface area contributed by atoms with Gasteiger partial charge in [0.15, 0.2) is 10.9 Å². The summed E-state index contributed by atoms with van der Waals surface area (Å²) in [6.45, 7) is 4.08. The van der Waals surface area contributed by atoms with E-state index in [4.69, 9.17) is 28.2 Å². The van der Waals surface area contributed by atoms with Gasteiger partial charge in [0, 0.05) is 11.8 Å². The maximum atomic E-state index is 12.3. The Morgan fingerprint density at radius 1 is 1.12 bits per heavy atom. The molecule has 2 aromatic heterocycles. The lowest BCUT2D eigenvalue weighted by Gasteiger charge is -2.07. The second-order valence-corrected chi connectivity index (χ2v) is 6.58. The molecule has 0 saturated heterocycles. The van der Waals surface area contributed by atoms with Gasteiger partial charge in [-0.1, -0.05) is 23.7 Å². The molecule has 0 aliphatic rings. The van der Waals surface area contributed by atoms with E-state index >= 15 is 0 Å². The summed E-state index contributed by atoms with van der Waals surface area (Å²) >= 11 is 10.9. The molecule has 2 N–H and O–H groups in total. The minimum atomic E-state index is -0.438. The first-order valence-electron chi connectivity index (χ1n) is 7.84. The number of benzene rings is 1. The summed E-state index contributed by atoms with van der Waals surface area (Å²) in [5.74, 6) is 0.837. The van der Waals surface area contributed by atoms with Crippen LogP contribution in [0, 0.1) is 13.8 Å². The number of halogens is 1. The number of nitrogens with zero attached hydrogens (tertiary/aromatic N) is 1. The Morgan fingerprint density at radius 2 is 1.92 bits per heavy atom. The van der Waals surface area contributed by atoms with Crippen LogP contribution in [0.4, 0.5) is 5.82 Å². The summed E-state index contributed by atoms with van der Waals surface area (Å²) in [4.78, 5) is 16.3. The van der Waals surface area contributed by atoms with Gasteiger partial charge in [0.2, 0.25) is 0 Å². The highest BCUT2D eigenvalue weighted by atomic mass is 35.5. The number of anilines is 1. The molecular weight excluding hydrogens is 370 g/mol. The van der Waals surface area contributed by atoms with E-state index < -0.39 is 5.91 Å². The molecule has 0 aliphatic heterocycles. The van der Waals surface area contributed by atoms with Gasteiger partial charge >= 0.3 is 0 Å². The van der Waals surface area contributed by atoms with E-state index in [-0.39, 0.29) is 10.9 Å². The Hall–Kier alpha value is -2.70. The third-order valence-electron chi connectivity index (χ3n) is 3.82. The van der Waals surface area contributed by atoms with E-state index in [1.165, 1.54) is 11.8 Å². The molecule has 0 aliphatic carbocycles. The minimum absolute atomic E-state index is 0.119. The molecule has 5 nitrogen and oxygen atoms in total. The molecule has 0 saturated carbocycles. The van der Waals surface area contributed by atoms with Crippen LogP contribution in [0.1, 0.15) is 21.7 Å². The quantitative estimate of drug-likeness (QED) is 0.637. The Kier molecular flexibility index (Phi) is 5.35. The van der Waals surface area contributed by atoms with Crippen LogP contribution in [-0.4, -0.2) is 16.0 Å².